The summed E-state index contributed by atoms with van der Waals surface area (Å²) in [5, 5.41) is 23.6. The zero-order valence-electron chi connectivity index (χ0n) is 20.5. The summed E-state index contributed by atoms with van der Waals surface area (Å²) in [4.78, 5) is 15.1. The second kappa shape index (κ2) is 8.18. The van der Waals surface area contributed by atoms with Gasteiger partial charge in [0.1, 0.15) is 5.78 Å². The van der Waals surface area contributed by atoms with Gasteiger partial charge in [0.2, 0.25) is 0 Å². The predicted octanol–water partition coefficient (Wildman–Crippen LogP) is 4.60. The van der Waals surface area contributed by atoms with E-state index in [-0.39, 0.29) is 17.3 Å². The number of fused-ring (bicyclic) bond motifs is 5. The van der Waals surface area contributed by atoms with Crippen LogP contribution in [0.5, 0.6) is 0 Å². The maximum Gasteiger partial charge on any atom is 0.171 e. The number of ketones is 1. The molecule has 9 atom stereocenters. The summed E-state index contributed by atoms with van der Waals surface area (Å²) in [6, 6.07) is 0. The fourth-order valence-corrected chi connectivity index (χ4v) is 9.22. The van der Waals surface area contributed by atoms with Gasteiger partial charge >= 0.3 is 0 Å². The molecular weight excluding hydrogens is 400 g/mol. The summed E-state index contributed by atoms with van der Waals surface area (Å²) in [5.74, 6) is 4.96. The lowest BCUT2D eigenvalue weighted by Gasteiger charge is -2.57. The van der Waals surface area contributed by atoms with Crippen LogP contribution >= 0.6 is 0 Å². The van der Waals surface area contributed by atoms with Crippen molar-refractivity contribution in [1.82, 2.24) is 20.2 Å². The zero-order valence-corrected chi connectivity index (χ0v) is 20.5. The molecule has 0 radical (unpaired) electrons. The Morgan fingerprint density at radius 3 is 2.66 bits per heavy atom. The molecule has 1 N–H and O–H groups in total. The minimum absolute atomic E-state index is 0.109. The number of aromatic nitrogens is 4. The van der Waals surface area contributed by atoms with Gasteiger partial charge in [-0.25, -0.2) is 0 Å². The van der Waals surface area contributed by atoms with E-state index in [1.54, 1.807) is 4.80 Å². The SMILES string of the molecule is CCC[C@@]1(O)CC[C@H]2[C@H](CC[C@@H]3[C@@H]2CC[C@]2(C)[C@@H]([C@@H](C)Cn4nnc(C)n4)C(=O)C[C@@H]32)C1. The summed E-state index contributed by atoms with van der Waals surface area (Å²) in [5.41, 5.74) is -0.304. The first kappa shape index (κ1) is 22.5. The molecule has 0 unspecified atom stereocenters. The topological polar surface area (TPSA) is 80.9 Å². The summed E-state index contributed by atoms with van der Waals surface area (Å²) in [6.45, 7) is 9.37. The molecule has 1 heterocycles. The Balaban J connectivity index is 1.32. The number of carbonyl (C=O) groups excluding carboxylic acids is 1. The lowest BCUT2D eigenvalue weighted by molar-refractivity contribution is -0.126. The summed E-state index contributed by atoms with van der Waals surface area (Å²) < 4.78 is 0. The van der Waals surface area contributed by atoms with Crippen LogP contribution in [0.2, 0.25) is 0 Å². The van der Waals surface area contributed by atoms with Crippen LogP contribution in [0, 0.1) is 53.8 Å². The van der Waals surface area contributed by atoms with Crippen LogP contribution in [-0.2, 0) is 11.3 Å². The highest BCUT2D eigenvalue weighted by atomic mass is 16.3. The van der Waals surface area contributed by atoms with E-state index < -0.39 is 5.60 Å². The second-order valence-corrected chi connectivity index (χ2v) is 12.2. The van der Waals surface area contributed by atoms with Gasteiger partial charge in [-0.15, -0.1) is 10.2 Å². The summed E-state index contributed by atoms with van der Waals surface area (Å²) >= 11 is 0. The molecular formula is C26H42N4O2. The van der Waals surface area contributed by atoms with E-state index in [1.165, 1.54) is 32.1 Å². The van der Waals surface area contributed by atoms with Crippen molar-refractivity contribution in [2.45, 2.75) is 104 Å². The minimum Gasteiger partial charge on any atom is -0.390 e. The molecule has 0 aromatic carbocycles. The Labute approximate surface area is 192 Å². The summed E-state index contributed by atoms with van der Waals surface area (Å²) in [7, 11) is 0. The van der Waals surface area contributed by atoms with Crippen molar-refractivity contribution in [2.75, 3.05) is 0 Å². The third kappa shape index (κ3) is 3.65. The van der Waals surface area contributed by atoms with E-state index in [0.29, 0.717) is 35.9 Å². The quantitative estimate of drug-likeness (QED) is 0.721. The molecule has 1 aromatic heterocycles. The largest absolute Gasteiger partial charge is 0.390 e. The van der Waals surface area contributed by atoms with Crippen LogP contribution in [0.15, 0.2) is 0 Å². The highest BCUT2D eigenvalue weighted by molar-refractivity contribution is 5.85. The minimum atomic E-state index is -0.413. The summed E-state index contributed by atoms with van der Waals surface area (Å²) in [6.07, 6.45) is 10.9. The molecule has 4 saturated carbocycles. The zero-order chi connectivity index (χ0) is 22.7. The van der Waals surface area contributed by atoms with Crippen molar-refractivity contribution >= 4 is 5.78 Å². The number of hydrogen-bond donors (Lipinski definition) is 1. The number of nitrogens with zero attached hydrogens (tertiary/aromatic N) is 4. The van der Waals surface area contributed by atoms with Gasteiger partial charge in [0.25, 0.3) is 0 Å². The first-order chi connectivity index (χ1) is 15.2. The van der Waals surface area contributed by atoms with Gasteiger partial charge in [-0.05, 0) is 104 Å². The van der Waals surface area contributed by atoms with Crippen LogP contribution in [0.25, 0.3) is 0 Å². The third-order valence-electron chi connectivity index (χ3n) is 10.3. The van der Waals surface area contributed by atoms with Gasteiger partial charge in [-0.2, -0.15) is 4.80 Å². The fourth-order valence-electron chi connectivity index (χ4n) is 9.22. The third-order valence-corrected chi connectivity index (χ3v) is 10.3. The number of tetrazole rings is 1. The molecule has 1 aromatic rings. The smallest absolute Gasteiger partial charge is 0.171 e. The first-order valence-corrected chi connectivity index (χ1v) is 13.2. The molecule has 4 aliphatic rings. The molecule has 4 fully saturated rings. The van der Waals surface area contributed by atoms with Crippen molar-refractivity contribution in [3.63, 3.8) is 0 Å². The Morgan fingerprint density at radius 2 is 1.94 bits per heavy atom. The van der Waals surface area contributed by atoms with Crippen LogP contribution in [0.1, 0.15) is 90.8 Å². The molecule has 6 heteroatoms. The number of aryl methyl sites for hydroxylation is 1. The Hall–Kier alpha value is -1.30. The van der Waals surface area contributed by atoms with Gasteiger partial charge in [0.15, 0.2) is 5.82 Å². The van der Waals surface area contributed by atoms with Gasteiger partial charge in [0.05, 0.1) is 12.1 Å². The lowest BCUT2D eigenvalue weighted by atomic mass is 9.48. The van der Waals surface area contributed by atoms with E-state index in [1.807, 2.05) is 6.92 Å². The van der Waals surface area contributed by atoms with Crippen LogP contribution in [0.4, 0.5) is 0 Å². The van der Waals surface area contributed by atoms with Crippen LogP contribution in [0.3, 0.4) is 0 Å². The molecule has 5 rings (SSSR count). The Bertz CT molecular complexity index is 855. The highest BCUT2D eigenvalue weighted by Crippen LogP contribution is 2.65. The molecule has 0 bridgehead atoms. The number of hydrogen-bond acceptors (Lipinski definition) is 5. The Kier molecular flexibility index (Phi) is 5.75. The van der Waals surface area contributed by atoms with Crippen LogP contribution < -0.4 is 0 Å². The molecule has 178 valence electrons. The van der Waals surface area contributed by atoms with E-state index in [9.17, 15) is 9.90 Å². The monoisotopic (exact) mass is 442 g/mol. The van der Waals surface area contributed by atoms with Crippen molar-refractivity contribution < 1.29 is 9.90 Å². The fraction of sp³-hybridized carbons (Fsp3) is 0.923. The predicted molar refractivity (Wildman–Crippen MR) is 123 cm³/mol. The maximum atomic E-state index is 13.4. The molecule has 32 heavy (non-hydrogen) atoms. The van der Waals surface area contributed by atoms with Crippen LogP contribution in [-0.4, -0.2) is 36.7 Å². The Morgan fingerprint density at radius 1 is 1.16 bits per heavy atom. The van der Waals surface area contributed by atoms with Gasteiger partial charge < -0.3 is 5.11 Å². The van der Waals surface area contributed by atoms with Crippen molar-refractivity contribution in [2.24, 2.45) is 46.8 Å². The van der Waals surface area contributed by atoms with E-state index >= 15 is 0 Å². The molecule has 0 saturated heterocycles. The number of rotatable bonds is 5. The van der Waals surface area contributed by atoms with E-state index in [2.05, 4.69) is 36.2 Å². The average Bonchev–Trinajstić information content (AvgIpc) is 3.26. The first-order valence-electron chi connectivity index (χ1n) is 13.2. The molecule has 0 spiro atoms. The molecule has 0 amide bonds. The second-order valence-electron chi connectivity index (χ2n) is 12.2. The average molecular weight is 443 g/mol. The van der Waals surface area contributed by atoms with Gasteiger partial charge in [-0.3, -0.25) is 4.79 Å². The highest BCUT2D eigenvalue weighted by Gasteiger charge is 2.61. The molecule has 0 aliphatic heterocycles. The number of Topliss-reactive ketones (excluding diaryl/α,β-unsaturated/α-hetero) is 1. The number of aliphatic hydroxyl groups is 1. The van der Waals surface area contributed by atoms with Crippen molar-refractivity contribution in [3.05, 3.63) is 5.82 Å². The van der Waals surface area contributed by atoms with E-state index in [0.717, 1.165) is 43.9 Å². The standard InChI is InChI=1S/C26H42N4O2/c1-5-10-26(32)12-9-19-18(14-26)6-7-21-20(19)8-11-25(4)22(21)13-23(31)24(25)16(2)15-30-28-17(3)27-29-30/h16,18-22,24,32H,5-15H2,1-4H3/t16-,18+,19-,20+,21+,22-,24-,25-,26+/m0/s1. The van der Waals surface area contributed by atoms with Crippen molar-refractivity contribution in [3.8, 4) is 0 Å². The van der Waals surface area contributed by atoms with Gasteiger partial charge in [-0.1, -0.05) is 27.2 Å². The molecule has 4 aliphatic carbocycles. The number of carbonyl (C=O) groups is 1. The maximum absolute atomic E-state index is 13.4. The normalized spacial score (nSPS) is 44.6. The lowest BCUT2D eigenvalue weighted by Crippen LogP contribution is -2.51. The van der Waals surface area contributed by atoms with Gasteiger partial charge in [0, 0.05) is 12.3 Å². The van der Waals surface area contributed by atoms with Crippen molar-refractivity contribution in [1.29, 1.82) is 0 Å². The van der Waals surface area contributed by atoms with E-state index in [4.69, 9.17) is 0 Å². The molecule has 6 nitrogen and oxygen atoms in total.